The first-order valence-corrected chi connectivity index (χ1v) is 8.34. The maximum absolute atomic E-state index is 11.1. The van der Waals surface area contributed by atoms with Gasteiger partial charge in [0.25, 0.3) is 0 Å². The molecule has 122 valence electrons. The topological polar surface area (TPSA) is 43.8 Å². The van der Waals surface area contributed by atoms with Crippen LogP contribution in [0.25, 0.3) is 0 Å². The molecule has 21 heavy (non-hydrogen) atoms. The summed E-state index contributed by atoms with van der Waals surface area (Å²) in [5.74, 6) is 0. The third-order valence-electron chi connectivity index (χ3n) is 5.40. The summed E-state index contributed by atoms with van der Waals surface area (Å²) >= 11 is 0. The third-order valence-corrected chi connectivity index (χ3v) is 5.40. The lowest BCUT2D eigenvalue weighted by Gasteiger charge is -2.53. The van der Waals surface area contributed by atoms with Crippen LogP contribution in [0.5, 0.6) is 0 Å². The minimum atomic E-state index is -0.763. The van der Waals surface area contributed by atoms with Gasteiger partial charge in [-0.3, -0.25) is 4.90 Å². The molecule has 2 aliphatic heterocycles. The van der Waals surface area contributed by atoms with Crippen molar-refractivity contribution < 1.29 is 9.90 Å². The fourth-order valence-corrected chi connectivity index (χ4v) is 3.96. The number of piperidine rings is 2. The lowest BCUT2D eigenvalue weighted by Crippen LogP contribution is -2.57. The van der Waals surface area contributed by atoms with Crippen molar-refractivity contribution in [2.75, 3.05) is 19.6 Å². The SMILES string of the molecule is CC1(C)CCN(C2CCN(C(=O)O)CC2)C(C(C)(C)C)C1. The molecule has 2 aliphatic rings. The molecule has 0 spiro atoms. The summed E-state index contributed by atoms with van der Waals surface area (Å²) in [6.45, 7) is 14.3. The molecular formula is C17H32N2O2. The number of carboxylic acid groups (broad SMARTS) is 1. The summed E-state index contributed by atoms with van der Waals surface area (Å²) in [5, 5.41) is 9.10. The number of hydrogen-bond donors (Lipinski definition) is 1. The highest BCUT2D eigenvalue weighted by molar-refractivity contribution is 5.65. The average molecular weight is 296 g/mol. The molecule has 0 aromatic heterocycles. The maximum Gasteiger partial charge on any atom is 0.407 e. The Morgan fingerprint density at radius 3 is 2.19 bits per heavy atom. The van der Waals surface area contributed by atoms with E-state index in [4.69, 9.17) is 5.11 Å². The van der Waals surface area contributed by atoms with E-state index in [1.807, 2.05) is 0 Å². The van der Waals surface area contributed by atoms with Gasteiger partial charge in [-0.2, -0.15) is 0 Å². The van der Waals surface area contributed by atoms with Gasteiger partial charge in [0, 0.05) is 25.2 Å². The monoisotopic (exact) mass is 296 g/mol. The second-order valence-electron chi connectivity index (χ2n) is 8.74. The minimum Gasteiger partial charge on any atom is -0.465 e. The van der Waals surface area contributed by atoms with Crippen molar-refractivity contribution in [3.05, 3.63) is 0 Å². The fraction of sp³-hybridized carbons (Fsp3) is 0.941. The van der Waals surface area contributed by atoms with Crippen LogP contribution in [0.1, 0.15) is 60.3 Å². The van der Waals surface area contributed by atoms with E-state index in [1.165, 1.54) is 12.8 Å². The van der Waals surface area contributed by atoms with E-state index in [0.717, 1.165) is 19.4 Å². The standard InChI is InChI=1S/C17H32N2O2/c1-16(2,3)14-12-17(4,5)8-11-19(14)13-6-9-18(10-7-13)15(20)21/h13-14H,6-12H2,1-5H3,(H,20,21). The number of hydrogen-bond acceptors (Lipinski definition) is 2. The van der Waals surface area contributed by atoms with Gasteiger partial charge < -0.3 is 10.0 Å². The van der Waals surface area contributed by atoms with Crippen molar-refractivity contribution in [3.63, 3.8) is 0 Å². The average Bonchev–Trinajstić information content (AvgIpc) is 2.37. The van der Waals surface area contributed by atoms with Crippen LogP contribution in [0.4, 0.5) is 4.79 Å². The Morgan fingerprint density at radius 1 is 1.14 bits per heavy atom. The van der Waals surface area contributed by atoms with E-state index >= 15 is 0 Å². The van der Waals surface area contributed by atoms with Crippen LogP contribution in [0.15, 0.2) is 0 Å². The molecule has 0 radical (unpaired) electrons. The van der Waals surface area contributed by atoms with Crippen molar-refractivity contribution in [2.45, 2.75) is 72.4 Å². The normalized spacial score (nSPS) is 28.6. The molecule has 0 aliphatic carbocycles. The zero-order valence-electron chi connectivity index (χ0n) is 14.4. The van der Waals surface area contributed by atoms with Crippen LogP contribution >= 0.6 is 0 Å². The van der Waals surface area contributed by atoms with Gasteiger partial charge in [-0.05, 0) is 43.1 Å². The molecule has 4 heteroatoms. The summed E-state index contributed by atoms with van der Waals surface area (Å²) in [7, 11) is 0. The van der Waals surface area contributed by atoms with Gasteiger partial charge in [-0.25, -0.2) is 4.79 Å². The number of rotatable bonds is 1. The first-order chi connectivity index (χ1) is 9.60. The van der Waals surface area contributed by atoms with E-state index in [-0.39, 0.29) is 5.41 Å². The Labute approximate surface area is 129 Å². The first-order valence-electron chi connectivity index (χ1n) is 8.34. The minimum absolute atomic E-state index is 0.279. The highest BCUT2D eigenvalue weighted by atomic mass is 16.4. The van der Waals surface area contributed by atoms with Crippen LogP contribution in [0.3, 0.4) is 0 Å². The van der Waals surface area contributed by atoms with E-state index < -0.39 is 6.09 Å². The van der Waals surface area contributed by atoms with Crippen LogP contribution < -0.4 is 0 Å². The highest BCUT2D eigenvalue weighted by Gasteiger charge is 2.42. The molecule has 0 bridgehead atoms. The molecule has 2 heterocycles. The number of amides is 1. The molecular weight excluding hydrogens is 264 g/mol. The fourth-order valence-electron chi connectivity index (χ4n) is 3.96. The van der Waals surface area contributed by atoms with Crippen molar-refractivity contribution in [3.8, 4) is 0 Å². The lowest BCUT2D eigenvalue weighted by atomic mass is 9.70. The van der Waals surface area contributed by atoms with Crippen LogP contribution in [0, 0.1) is 10.8 Å². The summed E-state index contributed by atoms with van der Waals surface area (Å²) in [6, 6.07) is 1.16. The highest BCUT2D eigenvalue weighted by Crippen LogP contribution is 2.42. The van der Waals surface area contributed by atoms with Gasteiger partial charge >= 0.3 is 6.09 Å². The summed E-state index contributed by atoms with van der Waals surface area (Å²) in [4.78, 5) is 15.3. The molecule has 1 atom stereocenters. The van der Waals surface area contributed by atoms with Gasteiger partial charge in [0.2, 0.25) is 0 Å². The number of likely N-dealkylation sites (tertiary alicyclic amines) is 2. The van der Waals surface area contributed by atoms with E-state index in [1.54, 1.807) is 4.90 Å². The molecule has 2 rings (SSSR count). The predicted molar refractivity (Wildman–Crippen MR) is 85.6 cm³/mol. The Morgan fingerprint density at radius 2 is 1.71 bits per heavy atom. The Hall–Kier alpha value is -0.770. The van der Waals surface area contributed by atoms with Crippen molar-refractivity contribution in [2.24, 2.45) is 10.8 Å². The largest absolute Gasteiger partial charge is 0.465 e. The van der Waals surface area contributed by atoms with Crippen molar-refractivity contribution >= 4 is 6.09 Å². The van der Waals surface area contributed by atoms with E-state index in [2.05, 4.69) is 39.5 Å². The molecule has 1 N–H and O–H groups in total. The Bertz CT molecular complexity index is 379. The van der Waals surface area contributed by atoms with Crippen molar-refractivity contribution in [1.82, 2.24) is 9.80 Å². The van der Waals surface area contributed by atoms with Gasteiger partial charge in [0.1, 0.15) is 0 Å². The molecule has 2 saturated heterocycles. The summed E-state index contributed by atoms with van der Waals surface area (Å²) < 4.78 is 0. The van der Waals surface area contributed by atoms with Crippen molar-refractivity contribution in [1.29, 1.82) is 0 Å². The molecule has 1 amide bonds. The number of carbonyl (C=O) groups is 1. The summed E-state index contributed by atoms with van der Waals surface area (Å²) in [6.07, 6.45) is 3.70. The zero-order chi connectivity index (χ0) is 15.8. The van der Waals surface area contributed by atoms with Crippen LogP contribution in [-0.4, -0.2) is 52.7 Å². The van der Waals surface area contributed by atoms with Gasteiger partial charge in [0.05, 0.1) is 0 Å². The number of nitrogens with zero attached hydrogens (tertiary/aromatic N) is 2. The quantitative estimate of drug-likeness (QED) is 0.803. The van der Waals surface area contributed by atoms with Gasteiger partial charge in [0.15, 0.2) is 0 Å². The Kier molecular flexibility index (Phi) is 4.57. The molecule has 2 fully saturated rings. The smallest absolute Gasteiger partial charge is 0.407 e. The second kappa shape index (κ2) is 5.79. The third kappa shape index (κ3) is 3.91. The Balaban J connectivity index is 2.06. The molecule has 1 unspecified atom stereocenters. The molecule has 0 aromatic rings. The van der Waals surface area contributed by atoms with Gasteiger partial charge in [-0.15, -0.1) is 0 Å². The predicted octanol–water partition coefficient (Wildman–Crippen LogP) is 3.67. The first kappa shape index (κ1) is 16.6. The maximum atomic E-state index is 11.1. The summed E-state index contributed by atoms with van der Waals surface area (Å²) in [5.41, 5.74) is 0.706. The second-order valence-corrected chi connectivity index (χ2v) is 8.74. The van der Waals surface area contributed by atoms with Gasteiger partial charge in [-0.1, -0.05) is 34.6 Å². The lowest BCUT2D eigenvalue weighted by molar-refractivity contribution is -0.0326. The molecule has 0 saturated carbocycles. The van der Waals surface area contributed by atoms with Crippen LogP contribution in [0.2, 0.25) is 0 Å². The molecule has 0 aromatic carbocycles. The van der Waals surface area contributed by atoms with E-state index in [0.29, 0.717) is 30.6 Å². The zero-order valence-corrected chi connectivity index (χ0v) is 14.4. The van der Waals surface area contributed by atoms with Crippen LogP contribution in [-0.2, 0) is 0 Å². The molecule has 4 nitrogen and oxygen atoms in total. The van der Waals surface area contributed by atoms with E-state index in [9.17, 15) is 4.79 Å².